The highest BCUT2D eigenvalue weighted by molar-refractivity contribution is 7.19. The standard InChI is InChI=1S/C20H21N3O4S/c24-19(25)14-7-10-23(11-8-14)12-13-26-15-3-5-16(6-4-15)27-20-22-17-2-1-9-21-18(17)28-20/h1-6,9,14H,7-8,10-13H2,(H,24,25). The van der Waals surface area contributed by atoms with E-state index in [-0.39, 0.29) is 5.92 Å². The van der Waals surface area contributed by atoms with Gasteiger partial charge in [0.15, 0.2) is 0 Å². The second-order valence-corrected chi connectivity index (χ2v) is 7.62. The van der Waals surface area contributed by atoms with Crippen LogP contribution < -0.4 is 9.47 Å². The van der Waals surface area contributed by atoms with Crippen molar-refractivity contribution in [3.8, 4) is 16.7 Å². The van der Waals surface area contributed by atoms with Gasteiger partial charge in [-0.05, 0) is 62.3 Å². The number of hydrogen-bond donors (Lipinski definition) is 1. The molecular formula is C20H21N3O4S. The molecule has 8 heteroatoms. The Morgan fingerprint density at radius 3 is 2.64 bits per heavy atom. The average molecular weight is 399 g/mol. The number of likely N-dealkylation sites (tertiary alicyclic amines) is 1. The van der Waals surface area contributed by atoms with Gasteiger partial charge in [0.05, 0.1) is 5.92 Å². The normalized spacial score (nSPS) is 15.6. The van der Waals surface area contributed by atoms with Gasteiger partial charge in [-0.1, -0.05) is 11.3 Å². The molecule has 7 nitrogen and oxygen atoms in total. The van der Waals surface area contributed by atoms with Gasteiger partial charge in [-0.25, -0.2) is 9.97 Å². The topological polar surface area (TPSA) is 84.8 Å². The molecule has 3 aromatic rings. The van der Waals surface area contributed by atoms with Crippen molar-refractivity contribution in [1.82, 2.24) is 14.9 Å². The first-order valence-corrected chi connectivity index (χ1v) is 10.1. The maximum Gasteiger partial charge on any atom is 0.306 e. The van der Waals surface area contributed by atoms with Gasteiger partial charge in [-0.15, -0.1) is 0 Å². The number of fused-ring (bicyclic) bond motifs is 1. The first-order valence-electron chi connectivity index (χ1n) is 9.25. The second kappa shape index (κ2) is 8.53. The lowest BCUT2D eigenvalue weighted by Gasteiger charge is -2.29. The minimum Gasteiger partial charge on any atom is -0.492 e. The molecule has 0 aliphatic carbocycles. The van der Waals surface area contributed by atoms with Crippen molar-refractivity contribution in [2.75, 3.05) is 26.2 Å². The number of aromatic nitrogens is 2. The minimum absolute atomic E-state index is 0.198. The molecule has 146 valence electrons. The SMILES string of the molecule is O=C(O)C1CCN(CCOc2ccc(Oc3nc4cccnc4s3)cc2)CC1. The van der Waals surface area contributed by atoms with Crippen molar-refractivity contribution in [2.45, 2.75) is 12.8 Å². The summed E-state index contributed by atoms with van der Waals surface area (Å²) in [6, 6.07) is 11.2. The predicted octanol–water partition coefficient (Wildman–Crippen LogP) is 3.66. The molecule has 0 atom stereocenters. The zero-order valence-corrected chi connectivity index (χ0v) is 16.1. The van der Waals surface area contributed by atoms with Gasteiger partial charge in [0, 0.05) is 12.7 Å². The number of nitrogens with zero attached hydrogens (tertiary/aromatic N) is 3. The number of thiazole rings is 1. The van der Waals surface area contributed by atoms with Gasteiger partial charge in [0.2, 0.25) is 0 Å². The van der Waals surface area contributed by atoms with E-state index in [1.54, 1.807) is 6.20 Å². The van der Waals surface area contributed by atoms with Crippen molar-refractivity contribution in [3.63, 3.8) is 0 Å². The molecule has 0 unspecified atom stereocenters. The monoisotopic (exact) mass is 399 g/mol. The fourth-order valence-electron chi connectivity index (χ4n) is 3.19. The molecule has 3 heterocycles. The van der Waals surface area contributed by atoms with Crippen LogP contribution in [0.25, 0.3) is 10.3 Å². The van der Waals surface area contributed by atoms with Gasteiger partial charge in [-0.3, -0.25) is 9.69 Å². The highest BCUT2D eigenvalue weighted by Gasteiger charge is 2.24. The largest absolute Gasteiger partial charge is 0.492 e. The van der Waals surface area contributed by atoms with E-state index in [1.165, 1.54) is 11.3 Å². The van der Waals surface area contributed by atoms with Gasteiger partial charge in [-0.2, -0.15) is 0 Å². The third-order valence-corrected chi connectivity index (χ3v) is 5.65. The summed E-state index contributed by atoms with van der Waals surface area (Å²) < 4.78 is 11.6. The second-order valence-electron chi connectivity index (χ2n) is 6.68. The van der Waals surface area contributed by atoms with Crippen LogP contribution in [-0.4, -0.2) is 52.2 Å². The number of ether oxygens (including phenoxy) is 2. The van der Waals surface area contributed by atoms with Crippen LogP contribution in [-0.2, 0) is 4.79 Å². The lowest BCUT2D eigenvalue weighted by Crippen LogP contribution is -2.38. The van der Waals surface area contributed by atoms with Crippen molar-refractivity contribution in [1.29, 1.82) is 0 Å². The molecule has 1 aliphatic heterocycles. The Labute approximate surface area is 166 Å². The van der Waals surface area contributed by atoms with Crippen LogP contribution in [0.3, 0.4) is 0 Å². The fourth-order valence-corrected chi connectivity index (χ4v) is 3.97. The molecule has 0 bridgehead atoms. The van der Waals surface area contributed by atoms with Crippen LogP contribution in [0.2, 0.25) is 0 Å². The molecule has 1 aromatic carbocycles. The molecule has 1 fully saturated rings. The Hall–Kier alpha value is -2.71. The van der Waals surface area contributed by atoms with Crippen molar-refractivity contribution < 1.29 is 19.4 Å². The van der Waals surface area contributed by atoms with E-state index in [9.17, 15) is 4.79 Å². The van der Waals surface area contributed by atoms with E-state index in [1.807, 2.05) is 36.4 Å². The third kappa shape index (κ3) is 4.58. The molecule has 2 aromatic heterocycles. The van der Waals surface area contributed by atoms with E-state index < -0.39 is 5.97 Å². The maximum atomic E-state index is 11.0. The van der Waals surface area contributed by atoms with E-state index in [0.717, 1.165) is 35.7 Å². The lowest BCUT2D eigenvalue weighted by molar-refractivity contribution is -0.143. The van der Waals surface area contributed by atoms with Crippen molar-refractivity contribution in [2.24, 2.45) is 5.92 Å². The Morgan fingerprint density at radius 1 is 1.18 bits per heavy atom. The van der Waals surface area contributed by atoms with Crippen LogP contribution in [0.15, 0.2) is 42.6 Å². The fraction of sp³-hybridized carbons (Fsp3) is 0.350. The lowest BCUT2D eigenvalue weighted by atomic mass is 9.97. The molecule has 0 spiro atoms. The summed E-state index contributed by atoms with van der Waals surface area (Å²) in [6.07, 6.45) is 3.16. The maximum absolute atomic E-state index is 11.0. The predicted molar refractivity (Wildman–Crippen MR) is 106 cm³/mol. The summed E-state index contributed by atoms with van der Waals surface area (Å²) in [7, 11) is 0. The van der Waals surface area contributed by atoms with Crippen LogP contribution in [0.4, 0.5) is 0 Å². The van der Waals surface area contributed by atoms with E-state index in [0.29, 0.717) is 30.4 Å². The molecular weight excluding hydrogens is 378 g/mol. The molecule has 1 N–H and O–H groups in total. The molecule has 1 saturated heterocycles. The number of hydrogen-bond acceptors (Lipinski definition) is 7. The molecule has 4 rings (SSSR count). The van der Waals surface area contributed by atoms with Crippen LogP contribution in [0, 0.1) is 5.92 Å². The number of piperidine rings is 1. The highest BCUT2D eigenvalue weighted by atomic mass is 32.1. The number of carboxylic acids is 1. The van der Waals surface area contributed by atoms with Gasteiger partial charge in [0.25, 0.3) is 5.19 Å². The summed E-state index contributed by atoms with van der Waals surface area (Å²) >= 11 is 1.41. The molecule has 28 heavy (non-hydrogen) atoms. The van der Waals surface area contributed by atoms with Gasteiger partial charge < -0.3 is 14.6 Å². The molecule has 0 amide bonds. The first-order chi connectivity index (χ1) is 13.7. The molecule has 0 saturated carbocycles. The van der Waals surface area contributed by atoms with Crippen LogP contribution >= 0.6 is 11.3 Å². The van der Waals surface area contributed by atoms with Gasteiger partial charge in [0.1, 0.15) is 28.5 Å². The zero-order valence-electron chi connectivity index (χ0n) is 15.3. The summed E-state index contributed by atoms with van der Waals surface area (Å²) in [6.45, 7) is 2.99. The Balaban J connectivity index is 1.24. The minimum atomic E-state index is -0.680. The van der Waals surface area contributed by atoms with Crippen molar-refractivity contribution >= 4 is 27.7 Å². The van der Waals surface area contributed by atoms with E-state index in [4.69, 9.17) is 14.6 Å². The number of carboxylic acid groups (broad SMARTS) is 1. The van der Waals surface area contributed by atoms with Crippen LogP contribution in [0.1, 0.15) is 12.8 Å². The van der Waals surface area contributed by atoms with Crippen molar-refractivity contribution in [3.05, 3.63) is 42.6 Å². The van der Waals surface area contributed by atoms with Crippen LogP contribution in [0.5, 0.6) is 16.7 Å². The number of carbonyl (C=O) groups is 1. The summed E-state index contributed by atoms with van der Waals surface area (Å²) in [5, 5.41) is 9.60. The summed E-state index contributed by atoms with van der Waals surface area (Å²) in [5.74, 6) is 0.595. The van der Waals surface area contributed by atoms with Gasteiger partial charge >= 0.3 is 5.97 Å². The Bertz CT molecular complexity index is 903. The highest BCUT2D eigenvalue weighted by Crippen LogP contribution is 2.30. The summed E-state index contributed by atoms with van der Waals surface area (Å²) in [4.78, 5) is 22.8. The first kappa shape index (κ1) is 18.6. The number of rotatable bonds is 7. The molecule has 0 radical (unpaired) electrons. The Kier molecular flexibility index (Phi) is 5.68. The van der Waals surface area contributed by atoms with E-state index >= 15 is 0 Å². The molecule has 1 aliphatic rings. The average Bonchev–Trinajstić information content (AvgIpc) is 3.12. The third-order valence-electron chi connectivity index (χ3n) is 4.79. The number of pyridine rings is 1. The quantitative estimate of drug-likeness (QED) is 0.649. The summed E-state index contributed by atoms with van der Waals surface area (Å²) in [5.41, 5.74) is 0.829. The Morgan fingerprint density at radius 2 is 1.93 bits per heavy atom. The smallest absolute Gasteiger partial charge is 0.306 e. The number of benzene rings is 1. The van der Waals surface area contributed by atoms with E-state index in [2.05, 4.69) is 14.9 Å². The number of aliphatic carboxylic acids is 1. The zero-order chi connectivity index (χ0) is 19.3.